The highest BCUT2D eigenvalue weighted by Crippen LogP contribution is 2.34. The maximum Gasteiger partial charge on any atom is 0.321 e. The van der Waals surface area contributed by atoms with Crippen molar-refractivity contribution in [3.8, 4) is 0 Å². The van der Waals surface area contributed by atoms with Crippen LogP contribution in [0.3, 0.4) is 0 Å². The molecule has 0 aliphatic rings. The second-order valence-electron chi connectivity index (χ2n) is 4.46. The summed E-state index contributed by atoms with van der Waals surface area (Å²) in [7, 11) is 1.46. The van der Waals surface area contributed by atoms with E-state index in [1.54, 1.807) is 11.3 Å². The van der Waals surface area contributed by atoms with Crippen molar-refractivity contribution < 1.29 is 9.59 Å². The van der Waals surface area contributed by atoms with Gasteiger partial charge in [0.05, 0.1) is 5.75 Å². The number of rotatable bonds is 3. The Balaban J connectivity index is 2.22. The molecule has 2 heterocycles. The van der Waals surface area contributed by atoms with Crippen molar-refractivity contribution in [1.29, 1.82) is 0 Å². The zero-order valence-electron chi connectivity index (χ0n) is 12.2. The summed E-state index contributed by atoms with van der Waals surface area (Å²) in [6.45, 7) is 5.91. The van der Waals surface area contributed by atoms with Crippen LogP contribution < -0.4 is 10.6 Å². The van der Waals surface area contributed by atoms with Gasteiger partial charge in [-0.1, -0.05) is 11.8 Å². The van der Waals surface area contributed by atoms with Crippen LogP contribution in [-0.4, -0.2) is 34.7 Å². The molecule has 0 unspecified atom stereocenters. The van der Waals surface area contributed by atoms with Crippen LogP contribution >= 0.6 is 23.1 Å². The molecule has 112 valence electrons. The lowest BCUT2D eigenvalue weighted by Gasteiger charge is -2.05. The number of amides is 3. The number of carbonyl (C=O) groups is 2. The average molecular weight is 324 g/mol. The highest BCUT2D eigenvalue weighted by Gasteiger charge is 2.15. The third-order valence-electron chi connectivity index (χ3n) is 2.93. The number of carbonyl (C=O) groups excluding carboxylic acids is 2. The summed E-state index contributed by atoms with van der Waals surface area (Å²) in [5, 5.41) is 6.36. The zero-order chi connectivity index (χ0) is 15.6. The molecule has 0 spiro atoms. The van der Waals surface area contributed by atoms with Crippen LogP contribution in [0.1, 0.15) is 16.3 Å². The van der Waals surface area contributed by atoms with Gasteiger partial charge in [0.15, 0.2) is 0 Å². The summed E-state index contributed by atoms with van der Waals surface area (Å²) in [5.41, 5.74) is 1.14. The number of aryl methyl sites for hydroxylation is 3. The minimum Gasteiger partial charge on any atom is -0.341 e. The number of thioether (sulfide) groups is 1. The Bertz CT molecular complexity index is 712. The van der Waals surface area contributed by atoms with Crippen molar-refractivity contribution in [2.75, 3.05) is 12.8 Å². The van der Waals surface area contributed by atoms with Gasteiger partial charge in [-0.25, -0.2) is 14.8 Å². The SMILES string of the molecule is CNC(=O)NC(=O)CSc1nc(C)nc2sc(C)c(C)c12. The molecule has 8 heteroatoms. The van der Waals surface area contributed by atoms with Crippen molar-refractivity contribution in [1.82, 2.24) is 20.6 Å². The molecular weight excluding hydrogens is 308 g/mol. The standard InChI is InChI=1S/C13H16N4O2S2/c1-6-7(2)21-12-10(6)11(15-8(3)16-12)20-5-9(18)17-13(19)14-4/h5H2,1-4H3,(H2,14,17,18,19). The number of thiophene rings is 1. The second-order valence-corrected chi connectivity index (χ2v) is 6.62. The van der Waals surface area contributed by atoms with Crippen LogP contribution in [0.25, 0.3) is 10.2 Å². The van der Waals surface area contributed by atoms with Gasteiger partial charge >= 0.3 is 6.03 Å². The molecular formula is C13H16N4O2S2. The number of imide groups is 1. The van der Waals surface area contributed by atoms with E-state index >= 15 is 0 Å². The smallest absolute Gasteiger partial charge is 0.321 e. The molecule has 0 saturated carbocycles. The van der Waals surface area contributed by atoms with Crippen LogP contribution in [0.5, 0.6) is 0 Å². The van der Waals surface area contributed by atoms with E-state index in [4.69, 9.17) is 0 Å². The minimum absolute atomic E-state index is 0.132. The summed E-state index contributed by atoms with van der Waals surface area (Å²) >= 11 is 2.94. The zero-order valence-corrected chi connectivity index (χ0v) is 13.9. The van der Waals surface area contributed by atoms with Crippen molar-refractivity contribution in [3.63, 3.8) is 0 Å². The Hall–Kier alpha value is -1.67. The van der Waals surface area contributed by atoms with Gasteiger partial charge in [0.2, 0.25) is 5.91 Å². The van der Waals surface area contributed by atoms with E-state index in [1.807, 2.05) is 20.8 Å². The predicted octanol–water partition coefficient (Wildman–Crippen LogP) is 2.16. The molecule has 2 aromatic heterocycles. The van der Waals surface area contributed by atoms with Crippen LogP contribution in [-0.2, 0) is 4.79 Å². The van der Waals surface area contributed by atoms with E-state index in [1.165, 1.54) is 23.7 Å². The first-order valence-electron chi connectivity index (χ1n) is 6.31. The number of nitrogens with one attached hydrogen (secondary N) is 2. The van der Waals surface area contributed by atoms with E-state index in [-0.39, 0.29) is 11.7 Å². The molecule has 21 heavy (non-hydrogen) atoms. The molecule has 6 nitrogen and oxygen atoms in total. The quantitative estimate of drug-likeness (QED) is 0.668. The third kappa shape index (κ3) is 3.51. The molecule has 3 amide bonds. The van der Waals surface area contributed by atoms with Gasteiger partial charge in [0.25, 0.3) is 0 Å². The van der Waals surface area contributed by atoms with Crippen molar-refractivity contribution in [3.05, 3.63) is 16.3 Å². The largest absolute Gasteiger partial charge is 0.341 e. The molecule has 2 aromatic rings. The Morgan fingerprint density at radius 3 is 2.62 bits per heavy atom. The van der Waals surface area contributed by atoms with Gasteiger partial charge in [-0.2, -0.15) is 0 Å². The van der Waals surface area contributed by atoms with E-state index in [9.17, 15) is 9.59 Å². The Kier molecular flexibility index (Phi) is 4.79. The van der Waals surface area contributed by atoms with Gasteiger partial charge < -0.3 is 5.32 Å². The van der Waals surface area contributed by atoms with Gasteiger partial charge in [0, 0.05) is 17.3 Å². The summed E-state index contributed by atoms with van der Waals surface area (Å²) < 4.78 is 0. The van der Waals surface area contributed by atoms with Gasteiger partial charge in [-0.3, -0.25) is 10.1 Å². The molecule has 0 saturated heterocycles. The first-order valence-corrected chi connectivity index (χ1v) is 8.11. The van der Waals surface area contributed by atoms with E-state index < -0.39 is 6.03 Å². The van der Waals surface area contributed by atoms with Crippen molar-refractivity contribution in [2.45, 2.75) is 25.8 Å². The Morgan fingerprint density at radius 1 is 1.24 bits per heavy atom. The summed E-state index contributed by atoms with van der Waals surface area (Å²) in [4.78, 5) is 33.7. The van der Waals surface area contributed by atoms with Crippen LogP contribution in [0, 0.1) is 20.8 Å². The van der Waals surface area contributed by atoms with E-state index in [0.29, 0.717) is 5.82 Å². The highest BCUT2D eigenvalue weighted by atomic mass is 32.2. The highest BCUT2D eigenvalue weighted by molar-refractivity contribution is 8.00. The van der Waals surface area contributed by atoms with Crippen molar-refractivity contribution in [2.24, 2.45) is 0 Å². The number of hydrogen-bond donors (Lipinski definition) is 2. The number of nitrogens with zero attached hydrogens (tertiary/aromatic N) is 2. The fourth-order valence-electron chi connectivity index (χ4n) is 1.78. The van der Waals surface area contributed by atoms with Crippen molar-refractivity contribution >= 4 is 45.3 Å². The predicted molar refractivity (Wildman–Crippen MR) is 84.9 cm³/mol. The molecule has 0 aliphatic heterocycles. The fraction of sp³-hybridized carbons (Fsp3) is 0.385. The lowest BCUT2D eigenvalue weighted by molar-refractivity contribution is -0.117. The Labute approximate surface area is 130 Å². The maximum atomic E-state index is 11.7. The summed E-state index contributed by atoms with van der Waals surface area (Å²) in [6.07, 6.45) is 0. The third-order valence-corrected chi connectivity index (χ3v) is 5.00. The van der Waals surface area contributed by atoms with Gasteiger partial charge in [-0.15, -0.1) is 11.3 Å². The normalized spacial score (nSPS) is 10.7. The number of urea groups is 1. The molecule has 2 rings (SSSR count). The molecule has 0 radical (unpaired) electrons. The summed E-state index contributed by atoms with van der Waals surface area (Å²) in [5.74, 6) is 0.458. The molecule has 0 aliphatic carbocycles. The lowest BCUT2D eigenvalue weighted by Crippen LogP contribution is -2.38. The second kappa shape index (κ2) is 6.40. The number of hydrogen-bond acceptors (Lipinski definition) is 6. The van der Waals surface area contributed by atoms with Gasteiger partial charge in [0.1, 0.15) is 15.7 Å². The number of fused-ring (bicyclic) bond motifs is 1. The topological polar surface area (TPSA) is 84.0 Å². The molecule has 0 fully saturated rings. The number of aromatic nitrogens is 2. The monoisotopic (exact) mass is 324 g/mol. The van der Waals surface area contributed by atoms with E-state index in [2.05, 4.69) is 20.6 Å². The molecule has 0 atom stereocenters. The van der Waals surface area contributed by atoms with E-state index in [0.717, 1.165) is 20.8 Å². The van der Waals surface area contributed by atoms with Crippen LogP contribution in [0.4, 0.5) is 4.79 Å². The Morgan fingerprint density at radius 2 is 1.95 bits per heavy atom. The fourth-order valence-corrected chi connectivity index (χ4v) is 3.85. The molecule has 2 N–H and O–H groups in total. The average Bonchev–Trinajstić information content (AvgIpc) is 2.71. The molecule has 0 bridgehead atoms. The maximum absolute atomic E-state index is 11.7. The molecule has 0 aromatic carbocycles. The van der Waals surface area contributed by atoms with Gasteiger partial charge in [-0.05, 0) is 26.3 Å². The minimum atomic E-state index is -0.507. The van der Waals surface area contributed by atoms with Crippen LogP contribution in [0.15, 0.2) is 5.03 Å². The van der Waals surface area contributed by atoms with Crippen LogP contribution in [0.2, 0.25) is 0 Å². The lowest BCUT2D eigenvalue weighted by atomic mass is 10.2. The summed E-state index contributed by atoms with van der Waals surface area (Å²) in [6, 6.07) is -0.507. The first kappa shape index (κ1) is 15.7. The first-order chi connectivity index (χ1) is 9.92.